The molecule has 0 saturated carbocycles. The number of nitriles is 1. The first kappa shape index (κ1) is 11.8. The van der Waals surface area contributed by atoms with Gasteiger partial charge >= 0.3 is 6.18 Å². The lowest BCUT2D eigenvalue weighted by molar-refractivity contribution is -0.138. The van der Waals surface area contributed by atoms with E-state index in [-0.39, 0.29) is 0 Å². The molecule has 0 N–H and O–H groups in total. The number of nitrogens with zero attached hydrogens (tertiary/aromatic N) is 1. The van der Waals surface area contributed by atoms with Gasteiger partial charge in [-0.25, -0.2) is 4.39 Å². The molecule has 0 aliphatic heterocycles. The number of rotatable bonds is 1. The molecule has 0 atom stereocenters. The Morgan fingerprint density at radius 2 is 1.93 bits per heavy atom. The van der Waals surface area contributed by atoms with E-state index in [0.717, 1.165) is 12.1 Å². The maximum Gasteiger partial charge on any atom is 0.418 e. The zero-order chi connectivity index (χ0) is 11.6. The van der Waals surface area contributed by atoms with E-state index in [2.05, 4.69) is 0 Å². The quantitative estimate of drug-likeness (QED) is 0.685. The van der Waals surface area contributed by atoms with Crippen LogP contribution >= 0.6 is 11.6 Å². The smallest absolute Gasteiger partial charge is 0.207 e. The molecule has 1 nitrogen and oxygen atoms in total. The fourth-order valence-corrected chi connectivity index (χ4v) is 1.44. The van der Waals surface area contributed by atoms with E-state index >= 15 is 0 Å². The van der Waals surface area contributed by atoms with Crippen LogP contribution in [0.15, 0.2) is 12.1 Å². The summed E-state index contributed by atoms with van der Waals surface area (Å²) in [6.45, 7) is 0. The van der Waals surface area contributed by atoms with Crippen molar-refractivity contribution in [2.45, 2.75) is 12.6 Å². The van der Waals surface area contributed by atoms with Crippen LogP contribution in [0.2, 0.25) is 5.02 Å². The van der Waals surface area contributed by atoms with E-state index in [9.17, 15) is 17.6 Å². The van der Waals surface area contributed by atoms with E-state index in [1.807, 2.05) is 0 Å². The summed E-state index contributed by atoms with van der Waals surface area (Å²) in [5, 5.41) is 7.70. The third kappa shape index (κ3) is 2.39. The van der Waals surface area contributed by atoms with E-state index < -0.39 is 34.6 Å². The summed E-state index contributed by atoms with van der Waals surface area (Å²) in [5.41, 5.74) is -1.98. The average molecular weight is 238 g/mol. The predicted octanol–water partition coefficient (Wildman–Crippen LogP) is 3.56. The molecule has 0 fully saturated rings. The molecular weight excluding hydrogens is 234 g/mol. The molecule has 0 aliphatic rings. The van der Waals surface area contributed by atoms with Crippen LogP contribution in [0.1, 0.15) is 11.1 Å². The molecule has 15 heavy (non-hydrogen) atoms. The van der Waals surface area contributed by atoms with E-state index in [0.29, 0.717) is 0 Å². The third-order valence-corrected chi connectivity index (χ3v) is 2.06. The Hall–Kier alpha value is -1.28. The summed E-state index contributed by atoms with van der Waals surface area (Å²) in [6, 6.07) is 3.10. The highest BCUT2D eigenvalue weighted by atomic mass is 35.5. The van der Waals surface area contributed by atoms with Crippen LogP contribution in [-0.2, 0) is 12.6 Å². The number of halogens is 5. The molecule has 0 heterocycles. The molecular formula is C9H4ClF4N. The van der Waals surface area contributed by atoms with Crippen molar-refractivity contribution >= 4 is 11.6 Å². The highest BCUT2D eigenvalue weighted by Gasteiger charge is 2.37. The Morgan fingerprint density at radius 1 is 1.33 bits per heavy atom. The predicted molar refractivity (Wildman–Crippen MR) is 45.7 cm³/mol. The van der Waals surface area contributed by atoms with Crippen molar-refractivity contribution in [2.75, 3.05) is 0 Å². The first-order valence-corrected chi connectivity index (χ1v) is 4.16. The molecule has 1 aromatic rings. The number of benzene rings is 1. The van der Waals surface area contributed by atoms with E-state index in [1.165, 1.54) is 6.07 Å². The Morgan fingerprint density at radius 3 is 2.40 bits per heavy atom. The van der Waals surface area contributed by atoms with Crippen molar-refractivity contribution in [3.05, 3.63) is 34.1 Å². The zero-order valence-corrected chi connectivity index (χ0v) is 7.95. The van der Waals surface area contributed by atoms with Gasteiger partial charge in [0.15, 0.2) is 0 Å². The molecule has 80 valence electrons. The van der Waals surface area contributed by atoms with Crippen LogP contribution in [0.5, 0.6) is 0 Å². The van der Waals surface area contributed by atoms with Crippen molar-refractivity contribution in [3.8, 4) is 6.07 Å². The van der Waals surface area contributed by atoms with Gasteiger partial charge in [-0.2, -0.15) is 18.4 Å². The normalized spacial score (nSPS) is 11.2. The van der Waals surface area contributed by atoms with Gasteiger partial charge in [-0.1, -0.05) is 11.6 Å². The molecule has 0 aromatic heterocycles. The Kier molecular flexibility index (Phi) is 3.20. The number of hydrogen-bond acceptors (Lipinski definition) is 1. The molecule has 0 bridgehead atoms. The van der Waals surface area contributed by atoms with Crippen molar-refractivity contribution in [3.63, 3.8) is 0 Å². The first-order chi connectivity index (χ1) is 6.88. The van der Waals surface area contributed by atoms with Gasteiger partial charge in [0.1, 0.15) is 5.82 Å². The number of hydrogen-bond donors (Lipinski definition) is 0. The minimum Gasteiger partial charge on any atom is -0.207 e. The number of alkyl halides is 3. The molecule has 1 aromatic carbocycles. The standard InChI is InChI=1S/C9H4ClF4N/c10-6-1-2-7(11)5(3-4-15)8(6)9(12,13)14/h1-2H,3H2. The lowest BCUT2D eigenvalue weighted by Gasteiger charge is -2.13. The zero-order valence-electron chi connectivity index (χ0n) is 7.20. The van der Waals surface area contributed by atoms with Crippen molar-refractivity contribution < 1.29 is 17.6 Å². The van der Waals surface area contributed by atoms with Gasteiger partial charge in [0.05, 0.1) is 23.1 Å². The van der Waals surface area contributed by atoms with Crippen LogP contribution < -0.4 is 0 Å². The molecule has 0 aliphatic carbocycles. The van der Waals surface area contributed by atoms with Crippen LogP contribution in [0, 0.1) is 17.1 Å². The summed E-state index contributed by atoms with van der Waals surface area (Å²) in [7, 11) is 0. The maximum atomic E-state index is 13.0. The van der Waals surface area contributed by atoms with Crippen LogP contribution in [0.3, 0.4) is 0 Å². The highest BCUT2D eigenvalue weighted by Crippen LogP contribution is 2.38. The molecule has 6 heteroatoms. The summed E-state index contributed by atoms with van der Waals surface area (Å²) in [6.07, 6.45) is -5.42. The topological polar surface area (TPSA) is 23.8 Å². The second kappa shape index (κ2) is 4.07. The van der Waals surface area contributed by atoms with Gasteiger partial charge < -0.3 is 0 Å². The fraction of sp³-hybridized carbons (Fsp3) is 0.222. The fourth-order valence-electron chi connectivity index (χ4n) is 1.15. The molecule has 1 rings (SSSR count). The van der Waals surface area contributed by atoms with Crippen molar-refractivity contribution in [2.24, 2.45) is 0 Å². The Bertz CT molecular complexity index is 419. The largest absolute Gasteiger partial charge is 0.418 e. The monoisotopic (exact) mass is 237 g/mol. The van der Waals surface area contributed by atoms with Gasteiger partial charge in [0.25, 0.3) is 0 Å². The lowest BCUT2D eigenvalue weighted by Crippen LogP contribution is -2.11. The molecule has 0 radical (unpaired) electrons. The maximum absolute atomic E-state index is 13.0. The molecule has 0 unspecified atom stereocenters. The van der Waals surface area contributed by atoms with Gasteiger partial charge in [-0.15, -0.1) is 0 Å². The van der Waals surface area contributed by atoms with Gasteiger partial charge in [-0.3, -0.25) is 0 Å². The highest BCUT2D eigenvalue weighted by molar-refractivity contribution is 6.31. The minimum absolute atomic E-state index is 0.603. The van der Waals surface area contributed by atoms with E-state index in [4.69, 9.17) is 16.9 Å². The Balaban J connectivity index is 3.47. The second-order valence-electron chi connectivity index (χ2n) is 2.72. The van der Waals surface area contributed by atoms with E-state index in [1.54, 1.807) is 0 Å². The third-order valence-electron chi connectivity index (χ3n) is 1.74. The van der Waals surface area contributed by atoms with Crippen LogP contribution in [0.4, 0.5) is 17.6 Å². The first-order valence-electron chi connectivity index (χ1n) is 3.79. The summed E-state index contributed by atoms with van der Waals surface area (Å²) in [4.78, 5) is 0. The van der Waals surface area contributed by atoms with Gasteiger partial charge in [0.2, 0.25) is 0 Å². The molecule has 0 saturated heterocycles. The van der Waals surface area contributed by atoms with Crippen LogP contribution in [0.25, 0.3) is 0 Å². The van der Waals surface area contributed by atoms with Crippen molar-refractivity contribution in [1.82, 2.24) is 0 Å². The summed E-state index contributed by atoms with van der Waals surface area (Å²) in [5.74, 6) is -1.08. The lowest BCUT2D eigenvalue weighted by atomic mass is 10.0. The minimum atomic E-state index is -4.76. The summed E-state index contributed by atoms with van der Waals surface area (Å²) < 4.78 is 50.4. The SMILES string of the molecule is N#CCc1c(F)ccc(Cl)c1C(F)(F)F. The van der Waals surface area contributed by atoms with Gasteiger partial charge in [-0.05, 0) is 12.1 Å². The van der Waals surface area contributed by atoms with Gasteiger partial charge in [0, 0.05) is 5.56 Å². The van der Waals surface area contributed by atoms with Crippen LogP contribution in [-0.4, -0.2) is 0 Å². The average Bonchev–Trinajstić information content (AvgIpc) is 2.09. The Labute approximate surface area is 87.9 Å². The van der Waals surface area contributed by atoms with Crippen molar-refractivity contribution in [1.29, 1.82) is 5.26 Å². The molecule has 0 spiro atoms. The molecule has 0 amide bonds. The summed E-state index contributed by atoms with van der Waals surface area (Å²) >= 11 is 5.33. The second-order valence-corrected chi connectivity index (χ2v) is 3.12.